The molecule has 26 heavy (non-hydrogen) atoms. The summed E-state index contributed by atoms with van der Waals surface area (Å²) in [5, 5.41) is 17.3. The van der Waals surface area contributed by atoms with Gasteiger partial charge in [-0.15, -0.1) is 0 Å². The van der Waals surface area contributed by atoms with Gasteiger partial charge in [-0.2, -0.15) is 0 Å². The van der Waals surface area contributed by atoms with E-state index >= 15 is 0 Å². The van der Waals surface area contributed by atoms with Crippen LogP contribution in [-0.2, 0) is 4.79 Å². The average Bonchev–Trinajstić information content (AvgIpc) is 3.48. The van der Waals surface area contributed by atoms with Crippen molar-refractivity contribution in [2.75, 3.05) is 10.6 Å². The minimum atomic E-state index is -0.386. The molecule has 1 aliphatic rings. The molecule has 130 valence electrons. The molecule has 4 rings (SSSR count). The van der Waals surface area contributed by atoms with Crippen molar-refractivity contribution in [1.29, 1.82) is 0 Å². The topological polar surface area (TPSA) is 78.4 Å². The summed E-state index contributed by atoms with van der Waals surface area (Å²) >= 11 is 0. The van der Waals surface area contributed by atoms with Gasteiger partial charge < -0.3 is 15.7 Å². The van der Waals surface area contributed by atoms with E-state index in [1.807, 2.05) is 30.3 Å². The number of phenolic OH excluding ortho intramolecular Hbond substituents is 1. The van der Waals surface area contributed by atoms with E-state index in [0.29, 0.717) is 16.9 Å². The van der Waals surface area contributed by atoms with Crippen molar-refractivity contribution in [1.82, 2.24) is 0 Å². The smallest absolute Gasteiger partial charge is 0.257 e. The molecule has 0 radical (unpaired) electrons. The Morgan fingerprint density at radius 1 is 0.846 bits per heavy atom. The Morgan fingerprint density at radius 3 is 2.19 bits per heavy atom. The van der Waals surface area contributed by atoms with E-state index in [0.717, 1.165) is 23.6 Å². The van der Waals surface area contributed by atoms with Crippen LogP contribution in [0.1, 0.15) is 23.2 Å². The number of fused-ring (bicyclic) bond motifs is 1. The number of hydrogen-bond acceptors (Lipinski definition) is 3. The summed E-state index contributed by atoms with van der Waals surface area (Å²) in [6.45, 7) is 0. The highest BCUT2D eigenvalue weighted by Gasteiger charge is 2.30. The van der Waals surface area contributed by atoms with Crippen LogP contribution in [0.5, 0.6) is 5.75 Å². The third kappa shape index (κ3) is 3.24. The van der Waals surface area contributed by atoms with E-state index in [9.17, 15) is 14.7 Å². The summed E-state index contributed by atoms with van der Waals surface area (Å²) in [5.74, 6) is -0.416. The molecule has 3 aromatic carbocycles. The predicted molar refractivity (Wildman–Crippen MR) is 101 cm³/mol. The van der Waals surface area contributed by atoms with Gasteiger partial charge in [-0.05, 0) is 47.9 Å². The van der Waals surface area contributed by atoms with Gasteiger partial charge in [0.25, 0.3) is 5.91 Å². The second kappa shape index (κ2) is 6.52. The number of anilines is 2. The van der Waals surface area contributed by atoms with Gasteiger partial charge in [0.1, 0.15) is 5.75 Å². The number of carbonyl (C=O) groups is 2. The van der Waals surface area contributed by atoms with Crippen LogP contribution in [-0.4, -0.2) is 16.9 Å². The standard InChI is InChI=1S/C21H18N2O3/c24-19-8-4-3-7-17(19)22-21(26)16-11-14-5-1-2-6-15(14)12-18(16)23-20(25)13-9-10-13/h1-8,11-13,24H,9-10H2,(H,22,26)(H,23,25). The first kappa shape index (κ1) is 16.1. The number of hydrogen-bond donors (Lipinski definition) is 3. The van der Waals surface area contributed by atoms with Gasteiger partial charge in [0, 0.05) is 5.92 Å². The minimum absolute atomic E-state index is 0.00907. The summed E-state index contributed by atoms with van der Waals surface area (Å²) in [4.78, 5) is 25.0. The third-order valence-electron chi connectivity index (χ3n) is 4.49. The lowest BCUT2D eigenvalue weighted by atomic mass is 10.0. The summed E-state index contributed by atoms with van der Waals surface area (Å²) in [7, 11) is 0. The Balaban J connectivity index is 1.72. The van der Waals surface area contributed by atoms with Crippen LogP contribution in [0.25, 0.3) is 10.8 Å². The molecule has 0 unspecified atom stereocenters. The Bertz CT molecular complexity index is 1010. The second-order valence-corrected chi connectivity index (χ2v) is 6.48. The lowest BCUT2D eigenvalue weighted by molar-refractivity contribution is -0.117. The highest BCUT2D eigenvalue weighted by Crippen LogP contribution is 2.32. The average molecular weight is 346 g/mol. The van der Waals surface area contributed by atoms with E-state index in [4.69, 9.17) is 0 Å². The number of nitrogens with one attached hydrogen (secondary N) is 2. The molecule has 3 aromatic rings. The quantitative estimate of drug-likeness (QED) is 0.621. The van der Waals surface area contributed by atoms with Crippen molar-refractivity contribution in [2.45, 2.75) is 12.8 Å². The van der Waals surface area contributed by atoms with Crippen LogP contribution in [0.15, 0.2) is 60.7 Å². The van der Waals surface area contributed by atoms with Gasteiger partial charge in [0.15, 0.2) is 0 Å². The van der Waals surface area contributed by atoms with Crippen molar-refractivity contribution >= 4 is 34.0 Å². The van der Waals surface area contributed by atoms with Gasteiger partial charge in [0.05, 0.1) is 16.9 Å². The molecule has 3 N–H and O–H groups in total. The maximum absolute atomic E-state index is 12.8. The number of benzene rings is 3. The number of aromatic hydroxyl groups is 1. The lowest BCUT2D eigenvalue weighted by Gasteiger charge is -2.14. The lowest BCUT2D eigenvalue weighted by Crippen LogP contribution is -2.19. The van der Waals surface area contributed by atoms with Crippen LogP contribution in [0, 0.1) is 5.92 Å². The number of rotatable bonds is 4. The van der Waals surface area contributed by atoms with Crippen molar-refractivity contribution in [2.24, 2.45) is 5.92 Å². The highest BCUT2D eigenvalue weighted by atomic mass is 16.3. The Labute approximate surface area is 150 Å². The molecule has 2 amide bonds. The molecule has 1 saturated carbocycles. The van der Waals surface area contributed by atoms with Crippen LogP contribution in [0.2, 0.25) is 0 Å². The second-order valence-electron chi connectivity index (χ2n) is 6.48. The molecule has 0 atom stereocenters. The van der Waals surface area contributed by atoms with E-state index < -0.39 is 0 Å². The number of amides is 2. The van der Waals surface area contributed by atoms with E-state index in [1.165, 1.54) is 6.07 Å². The molecule has 0 saturated heterocycles. The fourth-order valence-corrected chi connectivity index (χ4v) is 2.88. The van der Waals surface area contributed by atoms with Crippen molar-refractivity contribution in [3.63, 3.8) is 0 Å². The number of para-hydroxylation sites is 2. The molecular weight excluding hydrogens is 328 g/mol. The Kier molecular flexibility index (Phi) is 4.05. The molecule has 0 aromatic heterocycles. The molecule has 0 spiro atoms. The summed E-state index contributed by atoms with van der Waals surface area (Å²) in [6, 6.07) is 17.8. The largest absolute Gasteiger partial charge is 0.506 e. The first-order chi connectivity index (χ1) is 12.6. The van der Waals surface area contributed by atoms with Gasteiger partial charge in [-0.1, -0.05) is 36.4 Å². The zero-order chi connectivity index (χ0) is 18.1. The molecule has 1 aliphatic carbocycles. The maximum atomic E-state index is 12.8. The zero-order valence-electron chi connectivity index (χ0n) is 14.0. The normalized spacial score (nSPS) is 13.4. The zero-order valence-corrected chi connectivity index (χ0v) is 14.0. The van der Waals surface area contributed by atoms with Gasteiger partial charge >= 0.3 is 0 Å². The number of phenols is 1. The van der Waals surface area contributed by atoms with Crippen LogP contribution in [0.3, 0.4) is 0 Å². The van der Waals surface area contributed by atoms with Gasteiger partial charge in [0.2, 0.25) is 5.91 Å². The molecule has 0 aliphatic heterocycles. The summed E-state index contributed by atoms with van der Waals surface area (Å²) in [5.41, 5.74) is 1.17. The van der Waals surface area contributed by atoms with Crippen molar-refractivity contribution in [3.8, 4) is 5.75 Å². The predicted octanol–water partition coefficient (Wildman–Crippen LogP) is 4.15. The van der Waals surface area contributed by atoms with Gasteiger partial charge in [-0.25, -0.2) is 0 Å². The monoisotopic (exact) mass is 346 g/mol. The fourth-order valence-electron chi connectivity index (χ4n) is 2.88. The van der Waals surface area contributed by atoms with Crippen LogP contribution in [0.4, 0.5) is 11.4 Å². The molecule has 0 bridgehead atoms. The van der Waals surface area contributed by atoms with Crippen molar-refractivity contribution < 1.29 is 14.7 Å². The fraction of sp³-hybridized carbons (Fsp3) is 0.143. The molecule has 5 nitrogen and oxygen atoms in total. The Morgan fingerprint density at radius 2 is 1.50 bits per heavy atom. The maximum Gasteiger partial charge on any atom is 0.257 e. The van der Waals surface area contributed by atoms with Crippen LogP contribution < -0.4 is 10.6 Å². The van der Waals surface area contributed by atoms with Crippen LogP contribution >= 0.6 is 0 Å². The Hall–Kier alpha value is -3.34. The number of carbonyl (C=O) groups excluding carboxylic acids is 2. The van der Waals surface area contributed by atoms with E-state index in [-0.39, 0.29) is 23.5 Å². The van der Waals surface area contributed by atoms with E-state index in [2.05, 4.69) is 10.6 Å². The molecule has 1 fully saturated rings. The third-order valence-corrected chi connectivity index (χ3v) is 4.49. The SMILES string of the molecule is O=C(Nc1ccccc1O)c1cc2ccccc2cc1NC(=O)C1CC1. The minimum Gasteiger partial charge on any atom is -0.506 e. The molecular formula is C21H18N2O3. The van der Waals surface area contributed by atoms with Gasteiger partial charge in [-0.3, -0.25) is 9.59 Å². The highest BCUT2D eigenvalue weighted by molar-refractivity contribution is 6.13. The first-order valence-corrected chi connectivity index (χ1v) is 8.55. The molecule has 5 heteroatoms. The summed E-state index contributed by atoms with van der Waals surface area (Å²) < 4.78 is 0. The first-order valence-electron chi connectivity index (χ1n) is 8.55. The van der Waals surface area contributed by atoms with E-state index in [1.54, 1.807) is 24.3 Å². The molecule has 0 heterocycles. The van der Waals surface area contributed by atoms with Crippen molar-refractivity contribution in [3.05, 3.63) is 66.2 Å². The summed E-state index contributed by atoms with van der Waals surface area (Å²) in [6.07, 6.45) is 1.78.